The molecule has 0 unspecified atom stereocenters. The van der Waals surface area contributed by atoms with Crippen LogP contribution < -0.4 is 20.2 Å². The Morgan fingerprint density at radius 2 is 1.74 bits per heavy atom. The molecule has 7 nitrogen and oxygen atoms in total. The van der Waals surface area contributed by atoms with Crippen LogP contribution >= 0.6 is 15.9 Å². The Kier molecular flexibility index (Phi) is 8.37. The zero-order valence-corrected chi connectivity index (χ0v) is 20.4. The molecule has 3 rings (SSSR count). The molecule has 0 spiro atoms. The van der Waals surface area contributed by atoms with Gasteiger partial charge in [-0.3, -0.25) is 9.59 Å². The lowest BCUT2D eigenvalue weighted by molar-refractivity contribution is -0.136. The number of halogens is 2. The van der Waals surface area contributed by atoms with E-state index in [0.29, 0.717) is 28.5 Å². The molecule has 0 aromatic heterocycles. The van der Waals surface area contributed by atoms with Crippen LogP contribution in [0.3, 0.4) is 0 Å². The molecule has 176 valence electrons. The second kappa shape index (κ2) is 11.4. The van der Waals surface area contributed by atoms with Gasteiger partial charge in [0.25, 0.3) is 0 Å². The predicted octanol–water partition coefficient (Wildman–Crippen LogP) is 4.96. The second-order valence-electron chi connectivity index (χ2n) is 7.33. The molecule has 0 radical (unpaired) electrons. The molecule has 9 heteroatoms. The Balaban J connectivity index is 1.62. The lowest BCUT2D eigenvalue weighted by Crippen LogP contribution is -2.33. The Morgan fingerprint density at radius 1 is 1.00 bits per heavy atom. The van der Waals surface area contributed by atoms with Gasteiger partial charge in [-0.2, -0.15) is 5.10 Å². The van der Waals surface area contributed by atoms with Gasteiger partial charge in [0.1, 0.15) is 12.4 Å². The summed E-state index contributed by atoms with van der Waals surface area (Å²) in [4.78, 5) is 24.4. The maximum atomic E-state index is 13.1. The van der Waals surface area contributed by atoms with E-state index in [-0.39, 0.29) is 12.4 Å². The average molecular weight is 528 g/mol. The fraction of sp³-hybridized carbons (Fsp3) is 0.160. The largest absolute Gasteiger partial charge is 0.493 e. The van der Waals surface area contributed by atoms with Gasteiger partial charge in [0.15, 0.2) is 11.5 Å². The summed E-state index contributed by atoms with van der Waals surface area (Å²) in [5, 5.41) is 6.58. The van der Waals surface area contributed by atoms with Gasteiger partial charge in [-0.15, -0.1) is 0 Å². The number of nitrogens with one attached hydrogen (secondary N) is 2. The topological polar surface area (TPSA) is 89.0 Å². The summed E-state index contributed by atoms with van der Waals surface area (Å²) in [6.45, 7) is 3.75. The van der Waals surface area contributed by atoms with Gasteiger partial charge in [-0.1, -0.05) is 28.1 Å². The van der Waals surface area contributed by atoms with Crippen LogP contribution in [0.4, 0.5) is 10.1 Å². The van der Waals surface area contributed by atoms with E-state index >= 15 is 0 Å². The molecule has 34 heavy (non-hydrogen) atoms. The summed E-state index contributed by atoms with van der Waals surface area (Å²) >= 11 is 3.35. The number of carbonyl (C=O) groups excluding carboxylic acids is 2. The molecule has 0 bridgehead atoms. The number of hydrogen-bond donors (Lipinski definition) is 2. The highest BCUT2D eigenvalue weighted by atomic mass is 79.9. The molecule has 0 aliphatic carbocycles. The van der Waals surface area contributed by atoms with E-state index in [0.717, 1.165) is 15.6 Å². The smallest absolute Gasteiger partial charge is 0.329 e. The monoisotopic (exact) mass is 527 g/mol. The Morgan fingerprint density at radius 3 is 2.41 bits per heavy atom. The number of anilines is 1. The van der Waals surface area contributed by atoms with Crippen LogP contribution in [0.25, 0.3) is 0 Å². The number of hydrazone groups is 1. The summed E-state index contributed by atoms with van der Waals surface area (Å²) in [5.41, 5.74) is 5.54. The van der Waals surface area contributed by atoms with Gasteiger partial charge >= 0.3 is 11.8 Å². The van der Waals surface area contributed by atoms with Gasteiger partial charge in [-0.05, 0) is 73.5 Å². The van der Waals surface area contributed by atoms with Gasteiger partial charge in [0, 0.05) is 15.7 Å². The molecule has 0 aliphatic heterocycles. The predicted molar refractivity (Wildman–Crippen MR) is 132 cm³/mol. The number of nitrogens with zero attached hydrogens (tertiary/aromatic N) is 1. The molecule has 2 amide bonds. The third-order valence-corrected chi connectivity index (χ3v) is 5.35. The van der Waals surface area contributed by atoms with Crippen molar-refractivity contribution in [2.45, 2.75) is 20.5 Å². The average Bonchev–Trinajstić information content (AvgIpc) is 2.83. The fourth-order valence-electron chi connectivity index (χ4n) is 2.95. The van der Waals surface area contributed by atoms with Gasteiger partial charge in [0.05, 0.1) is 12.8 Å². The van der Waals surface area contributed by atoms with Crippen molar-refractivity contribution < 1.29 is 23.5 Å². The highest BCUT2D eigenvalue weighted by Crippen LogP contribution is 2.29. The summed E-state index contributed by atoms with van der Waals surface area (Å²) in [5.74, 6) is -1.08. The summed E-state index contributed by atoms with van der Waals surface area (Å²) in [6, 6.07) is 16.5. The lowest BCUT2D eigenvalue weighted by Gasteiger charge is -2.12. The summed E-state index contributed by atoms with van der Waals surface area (Å²) < 4.78 is 25.1. The van der Waals surface area contributed by atoms with Gasteiger partial charge in [-0.25, -0.2) is 9.82 Å². The summed E-state index contributed by atoms with van der Waals surface area (Å²) in [6.07, 6.45) is 0. The van der Waals surface area contributed by atoms with E-state index in [1.807, 2.05) is 13.0 Å². The van der Waals surface area contributed by atoms with Gasteiger partial charge in [0.2, 0.25) is 0 Å². The second-order valence-corrected chi connectivity index (χ2v) is 8.25. The van der Waals surface area contributed by atoms with E-state index in [9.17, 15) is 14.0 Å². The number of carbonyl (C=O) groups is 2. The third kappa shape index (κ3) is 6.64. The van der Waals surface area contributed by atoms with Crippen molar-refractivity contribution in [2.24, 2.45) is 5.10 Å². The van der Waals surface area contributed by atoms with E-state index < -0.39 is 11.8 Å². The molecule has 0 heterocycles. The minimum absolute atomic E-state index is 0.242. The number of methoxy groups -OCH3 is 1. The third-order valence-electron chi connectivity index (χ3n) is 4.86. The maximum Gasteiger partial charge on any atom is 0.329 e. The molecule has 0 saturated heterocycles. The molecule has 3 aromatic rings. The molecular weight excluding hydrogens is 505 g/mol. The van der Waals surface area contributed by atoms with E-state index in [2.05, 4.69) is 31.8 Å². The van der Waals surface area contributed by atoms with Crippen LogP contribution in [0, 0.1) is 12.7 Å². The number of benzene rings is 3. The van der Waals surface area contributed by atoms with Crippen molar-refractivity contribution in [3.63, 3.8) is 0 Å². The number of amides is 2. The first kappa shape index (κ1) is 24.9. The molecular formula is C25H23BrFN3O4. The molecule has 2 N–H and O–H groups in total. The minimum Gasteiger partial charge on any atom is -0.493 e. The Labute approximate surface area is 205 Å². The number of hydrogen-bond acceptors (Lipinski definition) is 5. The van der Waals surface area contributed by atoms with Crippen molar-refractivity contribution in [2.75, 3.05) is 12.4 Å². The zero-order valence-electron chi connectivity index (χ0n) is 18.8. The van der Waals surface area contributed by atoms with Crippen LogP contribution in [0.2, 0.25) is 0 Å². The SMILES string of the molecule is COc1cc(/C(C)=N/NC(=O)C(=O)Nc2ccc(Br)cc2C)ccc1OCc1ccc(F)cc1. The van der Waals surface area contributed by atoms with Crippen molar-refractivity contribution in [3.8, 4) is 11.5 Å². The Hall–Kier alpha value is -3.72. The number of aryl methyl sites for hydroxylation is 1. The van der Waals surface area contributed by atoms with E-state index in [4.69, 9.17) is 9.47 Å². The highest BCUT2D eigenvalue weighted by molar-refractivity contribution is 9.10. The minimum atomic E-state index is -0.895. The molecule has 0 fully saturated rings. The van der Waals surface area contributed by atoms with Crippen LogP contribution in [0.5, 0.6) is 11.5 Å². The molecule has 0 saturated carbocycles. The van der Waals surface area contributed by atoms with Crippen molar-refractivity contribution in [1.82, 2.24) is 5.43 Å². The van der Waals surface area contributed by atoms with Crippen molar-refractivity contribution in [1.29, 1.82) is 0 Å². The number of rotatable bonds is 7. The molecule has 3 aromatic carbocycles. The maximum absolute atomic E-state index is 13.1. The highest BCUT2D eigenvalue weighted by Gasteiger charge is 2.15. The Bertz CT molecular complexity index is 1230. The van der Waals surface area contributed by atoms with Crippen molar-refractivity contribution >= 4 is 39.1 Å². The standard InChI is InChI=1S/C25H23BrFN3O4/c1-15-12-19(26)7-10-21(15)28-24(31)25(32)30-29-16(2)18-6-11-22(23(13-18)33-3)34-14-17-4-8-20(27)9-5-17/h4-13H,14H2,1-3H3,(H,28,31)(H,30,32)/b29-16+. The number of ether oxygens (including phenoxy) is 2. The summed E-state index contributed by atoms with van der Waals surface area (Å²) in [7, 11) is 1.51. The quantitative estimate of drug-likeness (QED) is 0.258. The van der Waals surface area contributed by atoms with Crippen LogP contribution in [-0.2, 0) is 16.2 Å². The normalized spacial score (nSPS) is 11.0. The first-order valence-electron chi connectivity index (χ1n) is 10.2. The molecule has 0 aliphatic rings. The first-order chi connectivity index (χ1) is 16.3. The van der Waals surface area contributed by atoms with Crippen LogP contribution in [0.15, 0.2) is 70.2 Å². The fourth-order valence-corrected chi connectivity index (χ4v) is 3.43. The van der Waals surface area contributed by atoms with Gasteiger partial charge < -0.3 is 14.8 Å². The van der Waals surface area contributed by atoms with Crippen LogP contribution in [0.1, 0.15) is 23.6 Å². The van der Waals surface area contributed by atoms with Crippen LogP contribution in [-0.4, -0.2) is 24.6 Å². The van der Waals surface area contributed by atoms with E-state index in [1.165, 1.54) is 19.2 Å². The zero-order chi connectivity index (χ0) is 24.7. The van der Waals surface area contributed by atoms with Crippen molar-refractivity contribution in [3.05, 3.63) is 87.6 Å². The molecule has 0 atom stereocenters. The van der Waals surface area contributed by atoms with E-state index in [1.54, 1.807) is 49.4 Å². The first-order valence-corrected chi connectivity index (χ1v) is 11.0. The lowest BCUT2D eigenvalue weighted by atomic mass is 10.1.